The van der Waals surface area contributed by atoms with Crippen LogP contribution < -0.4 is 5.46 Å². The highest BCUT2D eigenvalue weighted by Gasteiger charge is 2.27. The van der Waals surface area contributed by atoms with E-state index in [4.69, 9.17) is 20.6 Å². The Balaban J connectivity index is 3.70. The maximum absolute atomic E-state index is 12.9. The molecule has 8 heteroatoms. The van der Waals surface area contributed by atoms with Gasteiger partial charge < -0.3 is 10.0 Å². The molecule has 1 heterocycles. The summed E-state index contributed by atoms with van der Waals surface area (Å²) in [5.74, 6) is -2.98. The van der Waals surface area contributed by atoms with Crippen LogP contribution in [-0.4, -0.2) is 22.2 Å². The number of rotatable bonds is 1. The SMILES string of the molecule is N#Cc1c(F)nc(F)c(C#N)c1B(O)O. The summed E-state index contributed by atoms with van der Waals surface area (Å²) in [4.78, 5) is 2.66. The molecule has 0 unspecified atom stereocenters. The van der Waals surface area contributed by atoms with Crippen LogP contribution in [0.3, 0.4) is 0 Å². The molecular formula is C7H2BF2N3O2. The first-order chi connectivity index (χ1) is 7.02. The Bertz CT molecular complexity index is 454. The molecule has 1 rings (SSSR count). The zero-order valence-electron chi connectivity index (χ0n) is 7.07. The van der Waals surface area contributed by atoms with Crippen LogP contribution in [0.5, 0.6) is 0 Å². The molecule has 1 aromatic heterocycles. The molecule has 0 aromatic carbocycles. The molecule has 5 nitrogen and oxygen atoms in total. The number of pyridine rings is 1. The zero-order chi connectivity index (χ0) is 11.6. The van der Waals surface area contributed by atoms with Crippen molar-refractivity contribution in [2.75, 3.05) is 0 Å². The van der Waals surface area contributed by atoms with Crippen LogP contribution in [-0.2, 0) is 0 Å². The Kier molecular flexibility index (Phi) is 2.95. The Morgan fingerprint density at radius 3 is 1.73 bits per heavy atom. The molecule has 15 heavy (non-hydrogen) atoms. The van der Waals surface area contributed by atoms with E-state index in [-0.39, 0.29) is 0 Å². The molecule has 74 valence electrons. The summed E-state index contributed by atoms with van der Waals surface area (Å²) in [6.45, 7) is 0. The number of nitriles is 2. The lowest BCUT2D eigenvalue weighted by Gasteiger charge is -2.05. The van der Waals surface area contributed by atoms with E-state index in [0.29, 0.717) is 0 Å². The minimum atomic E-state index is -2.32. The Labute approximate surface area is 83.0 Å². The van der Waals surface area contributed by atoms with Gasteiger partial charge in [0.15, 0.2) is 0 Å². The van der Waals surface area contributed by atoms with E-state index in [2.05, 4.69) is 4.98 Å². The van der Waals surface area contributed by atoms with Crippen LogP contribution >= 0.6 is 0 Å². The molecule has 0 aliphatic carbocycles. The fraction of sp³-hybridized carbons (Fsp3) is 0. The second-order valence-electron chi connectivity index (χ2n) is 2.45. The van der Waals surface area contributed by atoms with Gasteiger partial charge in [0.1, 0.15) is 23.3 Å². The standard InChI is InChI=1S/C7H2BF2N3O2/c9-6-3(1-11)5(8(14)15)4(2-12)7(10)13-6/h14-15H. The van der Waals surface area contributed by atoms with Crippen molar-refractivity contribution in [2.24, 2.45) is 0 Å². The predicted octanol–water partition coefficient (Wildman–Crippen LogP) is -1.22. The molecule has 0 aliphatic rings. The third kappa shape index (κ3) is 1.77. The quantitative estimate of drug-likeness (QED) is 0.446. The summed E-state index contributed by atoms with van der Waals surface area (Å²) in [6, 6.07) is 2.54. The van der Waals surface area contributed by atoms with Crippen molar-refractivity contribution in [3.63, 3.8) is 0 Å². The molecule has 0 bridgehead atoms. The second kappa shape index (κ2) is 4.01. The molecule has 0 fully saturated rings. The first-order valence-corrected chi connectivity index (χ1v) is 3.58. The van der Waals surface area contributed by atoms with Gasteiger partial charge in [0, 0.05) is 5.46 Å². The van der Waals surface area contributed by atoms with Crippen molar-refractivity contribution in [3.8, 4) is 12.1 Å². The smallest absolute Gasteiger partial charge is 0.423 e. The van der Waals surface area contributed by atoms with Gasteiger partial charge in [-0.3, -0.25) is 0 Å². The molecular weight excluding hydrogens is 207 g/mol. The van der Waals surface area contributed by atoms with Crippen molar-refractivity contribution < 1.29 is 18.8 Å². The first-order valence-electron chi connectivity index (χ1n) is 3.58. The topological polar surface area (TPSA) is 101 Å². The summed E-state index contributed by atoms with van der Waals surface area (Å²) >= 11 is 0. The van der Waals surface area contributed by atoms with Crippen molar-refractivity contribution in [1.29, 1.82) is 10.5 Å². The lowest BCUT2D eigenvalue weighted by Crippen LogP contribution is -2.37. The van der Waals surface area contributed by atoms with Crippen molar-refractivity contribution in [3.05, 3.63) is 23.0 Å². The highest BCUT2D eigenvalue weighted by molar-refractivity contribution is 6.60. The van der Waals surface area contributed by atoms with Gasteiger partial charge in [-0.15, -0.1) is 0 Å². The Morgan fingerprint density at radius 1 is 1.07 bits per heavy atom. The summed E-state index contributed by atoms with van der Waals surface area (Å²) in [7, 11) is -2.32. The molecule has 0 saturated carbocycles. The number of nitrogens with zero attached hydrogens (tertiary/aromatic N) is 3. The highest BCUT2D eigenvalue weighted by atomic mass is 19.1. The van der Waals surface area contributed by atoms with Gasteiger partial charge in [0.2, 0.25) is 11.9 Å². The van der Waals surface area contributed by atoms with Gasteiger partial charge in [0.05, 0.1) is 0 Å². The van der Waals surface area contributed by atoms with E-state index >= 15 is 0 Å². The number of aromatic nitrogens is 1. The van der Waals surface area contributed by atoms with E-state index in [0.717, 1.165) is 0 Å². The summed E-state index contributed by atoms with van der Waals surface area (Å²) in [5, 5.41) is 34.5. The summed E-state index contributed by atoms with van der Waals surface area (Å²) in [5.41, 5.74) is -2.53. The average Bonchev–Trinajstić information content (AvgIpc) is 2.16. The van der Waals surface area contributed by atoms with Crippen molar-refractivity contribution in [2.45, 2.75) is 0 Å². The van der Waals surface area contributed by atoms with E-state index in [9.17, 15) is 8.78 Å². The van der Waals surface area contributed by atoms with Crippen LogP contribution in [0, 0.1) is 34.6 Å². The van der Waals surface area contributed by atoms with Crippen LogP contribution in [0.25, 0.3) is 0 Å². The monoisotopic (exact) mass is 209 g/mol. The predicted molar refractivity (Wildman–Crippen MR) is 43.4 cm³/mol. The molecule has 0 saturated heterocycles. The zero-order valence-corrected chi connectivity index (χ0v) is 7.07. The van der Waals surface area contributed by atoms with Crippen LogP contribution in [0.4, 0.5) is 8.78 Å². The molecule has 0 amide bonds. The first kappa shape index (κ1) is 11.1. The summed E-state index contributed by atoms with van der Waals surface area (Å²) in [6.07, 6.45) is 0. The number of halogens is 2. The minimum absolute atomic E-state index is 0.815. The second-order valence-corrected chi connectivity index (χ2v) is 2.45. The number of hydrogen-bond donors (Lipinski definition) is 2. The average molecular weight is 209 g/mol. The van der Waals surface area contributed by atoms with Crippen LogP contribution in [0.1, 0.15) is 11.1 Å². The van der Waals surface area contributed by atoms with Gasteiger partial charge >= 0.3 is 7.12 Å². The van der Waals surface area contributed by atoms with Gasteiger partial charge in [0.25, 0.3) is 0 Å². The van der Waals surface area contributed by atoms with Gasteiger partial charge in [-0.25, -0.2) is 0 Å². The van der Waals surface area contributed by atoms with Gasteiger partial charge in [-0.05, 0) is 0 Å². The molecule has 0 aliphatic heterocycles. The summed E-state index contributed by atoms with van der Waals surface area (Å²) < 4.78 is 25.8. The maximum Gasteiger partial charge on any atom is 0.491 e. The Hall–Kier alpha value is -2.03. The minimum Gasteiger partial charge on any atom is -0.423 e. The number of hydrogen-bond acceptors (Lipinski definition) is 5. The van der Waals surface area contributed by atoms with E-state index in [1.165, 1.54) is 12.1 Å². The third-order valence-corrected chi connectivity index (χ3v) is 1.63. The van der Waals surface area contributed by atoms with E-state index in [1.54, 1.807) is 0 Å². The lowest BCUT2D eigenvalue weighted by molar-refractivity contribution is 0.423. The lowest BCUT2D eigenvalue weighted by atomic mass is 9.75. The fourth-order valence-corrected chi connectivity index (χ4v) is 1.02. The van der Waals surface area contributed by atoms with Gasteiger partial charge in [-0.1, -0.05) is 0 Å². The normalized spacial score (nSPS) is 9.20. The molecule has 1 aromatic rings. The highest BCUT2D eigenvalue weighted by Crippen LogP contribution is 2.08. The van der Waals surface area contributed by atoms with Crippen molar-refractivity contribution >= 4 is 12.6 Å². The van der Waals surface area contributed by atoms with E-state index in [1.807, 2.05) is 0 Å². The third-order valence-electron chi connectivity index (χ3n) is 1.63. The largest absolute Gasteiger partial charge is 0.491 e. The Morgan fingerprint density at radius 2 is 1.47 bits per heavy atom. The van der Waals surface area contributed by atoms with Gasteiger partial charge in [-0.2, -0.15) is 24.3 Å². The molecule has 0 radical (unpaired) electrons. The van der Waals surface area contributed by atoms with Crippen molar-refractivity contribution in [1.82, 2.24) is 4.98 Å². The van der Waals surface area contributed by atoms with Crippen LogP contribution in [0.15, 0.2) is 0 Å². The molecule has 2 N–H and O–H groups in total. The van der Waals surface area contributed by atoms with E-state index < -0.39 is 35.6 Å². The van der Waals surface area contributed by atoms with Crippen LogP contribution in [0.2, 0.25) is 0 Å². The molecule has 0 atom stereocenters. The maximum atomic E-state index is 12.9. The molecule has 0 spiro atoms. The fourth-order valence-electron chi connectivity index (χ4n) is 1.02.